The monoisotopic (exact) mass is 371 g/mol. The second kappa shape index (κ2) is 5.88. The Hall–Kier alpha value is -2.33. The first kappa shape index (κ1) is 17.5. The third-order valence-corrected chi connectivity index (χ3v) is 4.35. The van der Waals surface area contributed by atoms with Gasteiger partial charge in [-0.25, -0.2) is 9.37 Å². The van der Waals surface area contributed by atoms with Gasteiger partial charge in [0.05, 0.1) is 12.4 Å². The highest BCUT2D eigenvalue weighted by Gasteiger charge is 2.43. The van der Waals surface area contributed by atoms with E-state index in [0.29, 0.717) is 0 Å². The number of aromatic nitrogens is 4. The lowest BCUT2D eigenvalue weighted by atomic mass is 10.0. The van der Waals surface area contributed by atoms with Gasteiger partial charge in [0.1, 0.15) is 17.8 Å². The average molecular weight is 371 g/mol. The molecule has 0 aromatic carbocycles. The first-order valence-corrected chi connectivity index (χ1v) is 8.87. The number of rotatable bonds is 5. The molecule has 10 nitrogen and oxygen atoms in total. The van der Waals surface area contributed by atoms with E-state index in [9.17, 15) is 13.8 Å². The Bertz CT molecular complexity index is 979. The molecule has 2 aromatic rings. The maximum Gasteiger partial charge on any atom is 0.351 e. The van der Waals surface area contributed by atoms with Crippen LogP contribution in [0.15, 0.2) is 35.7 Å². The summed E-state index contributed by atoms with van der Waals surface area (Å²) >= 11 is 0. The number of nitrogens with zero attached hydrogens (tertiary/aromatic N) is 3. The van der Waals surface area contributed by atoms with Gasteiger partial charge in [0.15, 0.2) is 11.2 Å². The van der Waals surface area contributed by atoms with Crippen molar-refractivity contribution in [1.29, 1.82) is 0 Å². The summed E-state index contributed by atoms with van der Waals surface area (Å²) in [7, 11) is -4.49. The van der Waals surface area contributed by atoms with Crippen molar-refractivity contribution in [3.8, 4) is 0 Å². The van der Waals surface area contributed by atoms with Crippen molar-refractivity contribution in [2.75, 3.05) is 12.1 Å². The Morgan fingerprint density at radius 2 is 2.36 bits per heavy atom. The smallest absolute Gasteiger partial charge is 0.351 e. The molecule has 3 rings (SSSR count). The van der Waals surface area contributed by atoms with Gasteiger partial charge in [0.2, 0.25) is 5.95 Å². The topological polar surface area (TPSA) is 156 Å². The van der Waals surface area contributed by atoms with Crippen molar-refractivity contribution in [1.82, 2.24) is 19.5 Å². The fourth-order valence-electron chi connectivity index (χ4n) is 2.71. The summed E-state index contributed by atoms with van der Waals surface area (Å²) in [6.45, 7) is 3.50. The van der Waals surface area contributed by atoms with Gasteiger partial charge in [-0.3, -0.25) is 14.3 Å². The van der Waals surface area contributed by atoms with Crippen LogP contribution >= 0.6 is 7.60 Å². The molecule has 0 bridgehead atoms. The van der Waals surface area contributed by atoms with Crippen LogP contribution in [0.5, 0.6) is 0 Å². The lowest BCUT2D eigenvalue weighted by Gasteiger charge is -2.26. The quantitative estimate of drug-likeness (QED) is 0.439. The van der Waals surface area contributed by atoms with Crippen LogP contribution in [0, 0.1) is 0 Å². The SMILES string of the molecule is C=C[C@]1(OCP(=O)(O)O)CC(n2cnc3c(=O)[nH]c(N)nc32)C=C1F. The second-order valence-corrected chi connectivity index (χ2v) is 7.18. The van der Waals surface area contributed by atoms with Crippen molar-refractivity contribution in [3.05, 3.63) is 41.2 Å². The average Bonchev–Trinajstić information content (AvgIpc) is 3.06. The van der Waals surface area contributed by atoms with Crippen LogP contribution in [0.3, 0.4) is 0 Å². The standard InChI is InChI=1S/C13H15FN5O5P/c1-2-13(24-6-25(21,22)23)4-7(3-8(13)14)19-5-16-9-10(19)17-12(15)18-11(9)20/h2-3,5,7H,1,4,6H2,(H2,21,22,23)(H3,15,17,18,20)/t7?,13-/m0/s1. The third-order valence-electron chi connectivity index (χ3n) is 3.88. The molecular formula is C13H15FN5O5P. The van der Waals surface area contributed by atoms with Crippen molar-refractivity contribution in [3.63, 3.8) is 0 Å². The molecule has 2 heterocycles. The normalized spacial score (nSPS) is 23.8. The number of imidazole rings is 1. The maximum atomic E-state index is 14.5. The fourth-order valence-corrected chi connectivity index (χ4v) is 3.11. The van der Waals surface area contributed by atoms with Crippen LogP contribution in [0.4, 0.5) is 10.3 Å². The number of H-pyrrole nitrogens is 1. The summed E-state index contributed by atoms with van der Waals surface area (Å²) in [5, 5.41) is 0. The van der Waals surface area contributed by atoms with Crippen LogP contribution in [-0.4, -0.2) is 41.3 Å². The van der Waals surface area contributed by atoms with Crippen LogP contribution in [0.2, 0.25) is 0 Å². The van der Waals surface area contributed by atoms with E-state index >= 15 is 0 Å². The number of nitrogen functional groups attached to an aromatic ring is 1. The number of allylic oxidation sites excluding steroid dienone is 1. The van der Waals surface area contributed by atoms with Crippen molar-refractivity contribution in [2.24, 2.45) is 0 Å². The molecule has 0 fully saturated rings. The van der Waals surface area contributed by atoms with E-state index in [1.807, 2.05) is 0 Å². The predicted molar refractivity (Wildman–Crippen MR) is 86.3 cm³/mol. The molecule has 12 heteroatoms. The van der Waals surface area contributed by atoms with Gasteiger partial charge in [0.25, 0.3) is 5.56 Å². The molecule has 2 atom stereocenters. The number of aromatic amines is 1. The molecule has 2 aromatic heterocycles. The minimum Gasteiger partial charge on any atom is -0.369 e. The van der Waals surface area contributed by atoms with Crippen LogP contribution < -0.4 is 11.3 Å². The number of hydrogen-bond acceptors (Lipinski definition) is 6. The number of nitrogens with one attached hydrogen (secondary N) is 1. The molecule has 1 unspecified atom stereocenters. The summed E-state index contributed by atoms with van der Waals surface area (Å²) in [6.07, 6.45) is 2.65. The number of anilines is 1. The van der Waals surface area contributed by atoms with Gasteiger partial charge in [-0.15, -0.1) is 0 Å². The molecule has 0 aliphatic heterocycles. The van der Waals surface area contributed by atoms with Crippen LogP contribution in [-0.2, 0) is 9.30 Å². The van der Waals surface area contributed by atoms with E-state index in [1.54, 1.807) is 0 Å². The van der Waals surface area contributed by atoms with Gasteiger partial charge in [0, 0.05) is 6.42 Å². The Balaban J connectivity index is 1.97. The number of fused-ring (bicyclic) bond motifs is 1. The zero-order valence-electron chi connectivity index (χ0n) is 12.8. The highest BCUT2D eigenvalue weighted by atomic mass is 31.2. The Morgan fingerprint density at radius 1 is 1.64 bits per heavy atom. The third kappa shape index (κ3) is 3.14. The molecular weight excluding hydrogens is 356 g/mol. The first-order chi connectivity index (χ1) is 11.6. The fraction of sp³-hybridized carbons (Fsp3) is 0.308. The van der Waals surface area contributed by atoms with E-state index in [2.05, 4.69) is 21.5 Å². The minimum absolute atomic E-state index is 0.0373. The van der Waals surface area contributed by atoms with Crippen molar-refractivity contribution >= 4 is 24.7 Å². The molecule has 0 radical (unpaired) electrons. The lowest BCUT2D eigenvalue weighted by Crippen LogP contribution is -2.30. The second-order valence-electron chi connectivity index (χ2n) is 5.59. The summed E-state index contributed by atoms with van der Waals surface area (Å²) in [4.78, 5) is 40.0. The van der Waals surface area contributed by atoms with Crippen LogP contribution in [0.25, 0.3) is 11.2 Å². The highest BCUT2D eigenvalue weighted by molar-refractivity contribution is 7.51. The summed E-state index contributed by atoms with van der Waals surface area (Å²) in [5.41, 5.74) is 3.51. The zero-order chi connectivity index (χ0) is 18.4. The molecule has 134 valence electrons. The Kier molecular flexibility index (Phi) is 4.12. The van der Waals surface area contributed by atoms with Crippen molar-refractivity contribution < 1.29 is 23.5 Å². The number of ether oxygens (including phenoxy) is 1. The predicted octanol–water partition coefficient (Wildman–Crippen LogP) is 0.577. The van der Waals surface area contributed by atoms with Crippen molar-refractivity contribution in [2.45, 2.75) is 18.1 Å². The molecule has 0 spiro atoms. The van der Waals surface area contributed by atoms with E-state index in [-0.39, 0.29) is 23.5 Å². The van der Waals surface area contributed by atoms with Crippen LogP contribution in [0.1, 0.15) is 12.5 Å². The largest absolute Gasteiger partial charge is 0.369 e. The van der Waals surface area contributed by atoms with Gasteiger partial charge in [-0.05, 0) is 6.08 Å². The maximum absolute atomic E-state index is 14.5. The summed E-state index contributed by atoms with van der Waals surface area (Å²) < 4.78 is 32.1. The first-order valence-electron chi connectivity index (χ1n) is 7.07. The number of nitrogens with two attached hydrogens (primary N) is 1. The lowest BCUT2D eigenvalue weighted by molar-refractivity contribution is 0.0211. The molecule has 1 aliphatic rings. The zero-order valence-corrected chi connectivity index (χ0v) is 13.7. The number of halogens is 1. The molecule has 0 saturated carbocycles. The van der Waals surface area contributed by atoms with E-state index < -0.39 is 37.0 Å². The summed E-state index contributed by atoms with van der Waals surface area (Å²) in [6, 6.07) is -0.659. The summed E-state index contributed by atoms with van der Waals surface area (Å²) in [5.74, 6) is -0.866. The number of hydrogen-bond donors (Lipinski definition) is 4. The van der Waals surface area contributed by atoms with E-state index in [1.165, 1.54) is 17.0 Å². The molecule has 0 saturated heterocycles. The highest BCUT2D eigenvalue weighted by Crippen LogP contribution is 2.45. The molecule has 1 aliphatic carbocycles. The van der Waals surface area contributed by atoms with Gasteiger partial charge < -0.3 is 24.8 Å². The minimum atomic E-state index is -4.49. The van der Waals surface area contributed by atoms with Gasteiger partial charge in [-0.1, -0.05) is 12.7 Å². The molecule has 0 amide bonds. The van der Waals surface area contributed by atoms with E-state index in [4.69, 9.17) is 20.3 Å². The molecule has 25 heavy (non-hydrogen) atoms. The Morgan fingerprint density at radius 3 is 3.00 bits per heavy atom. The van der Waals surface area contributed by atoms with Gasteiger partial charge >= 0.3 is 7.60 Å². The molecule has 5 N–H and O–H groups in total. The Labute approximate surface area is 140 Å². The van der Waals surface area contributed by atoms with Gasteiger partial charge in [-0.2, -0.15) is 4.98 Å². The van der Waals surface area contributed by atoms with E-state index in [0.717, 1.165) is 6.08 Å².